The van der Waals surface area contributed by atoms with Crippen LogP contribution in [-0.4, -0.2) is 49.4 Å². The van der Waals surface area contributed by atoms with Gasteiger partial charge >= 0.3 is 0 Å². The van der Waals surface area contributed by atoms with Crippen molar-refractivity contribution < 1.29 is 4.74 Å². The Bertz CT molecular complexity index is 347. The minimum Gasteiger partial charge on any atom is -0.373 e. The lowest BCUT2D eigenvalue weighted by Gasteiger charge is -2.33. The van der Waals surface area contributed by atoms with Crippen LogP contribution in [0.4, 0.5) is 5.82 Å². The molecule has 5 nitrogen and oxygen atoms in total. The number of morpholine rings is 1. The number of hydrogen-bond acceptors (Lipinski definition) is 5. The minimum absolute atomic E-state index is 0.223. The van der Waals surface area contributed by atoms with E-state index in [0.717, 1.165) is 36.5 Å². The summed E-state index contributed by atoms with van der Waals surface area (Å²) in [4.78, 5) is 10.5. The fraction of sp³-hybridized carbons (Fsp3) is 0.600. The Morgan fingerprint density at radius 3 is 3.31 bits per heavy atom. The number of rotatable bonds is 3. The summed E-state index contributed by atoms with van der Waals surface area (Å²) in [6, 6.07) is 0. The molecule has 16 heavy (non-hydrogen) atoms. The molecule has 2 heterocycles. The van der Waals surface area contributed by atoms with Crippen LogP contribution in [-0.2, 0) is 4.74 Å². The van der Waals surface area contributed by atoms with Crippen LogP contribution < -0.4 is 10.2 Å². The second kappa shape index (κ2) is 5.56. The van der Waals surface area contributed by atoms with Gasteiger partial charge in [0.25, 0.3) is 0 Å². The highest BCUT2D eigenvalue weighted by molar-refractivity contribution is 9.10. The highest BCUT2D eigenvalue weighted by Crippen LogP contribution is 2.23. The highest BCUT2D eigenvalue weighted by atomic mass is 79.9. The molecule has 0 amide bonds. The first kappa shape index (κ1) is 11.8. The van der Waals surface area contributed by atoms with Crippen molar-refractivity contribution in [3.05, 3.63) is 17.0 Å². The van der Waals surface area contributed by atoms with Crippen molar-refractivity contribution in [2.75, 3.05) is 38.2 Å². The monoisotopic (exact) mass is 286 g/mol. The number of aromatic nitrogens is 2. The van der Waals surface area contributed by atoms with Crippen molar-refractivity contribution in [1.82, 2.24) is 15.3 Å². The van der Waals surface area contributed by atoms with Crippen molar-refractivity contribution in [1.29, 1.82) is 0 Å². The summed E-state index contributed by atoms with van der Waals surface area (Å²) in [5.41, 5.74) is 0. The molecule has 6 heteroatoms. The van der Waals surface area contributed by atoms with Gasteiger partial charge in [-0.25, -0.2) is 9.97 Å². The van der Waals surface area contributed by atoms with E-state index in [2.05, 4.69) is 36.1 Å². The van der Waals surface area contributed by atoms with Crippen molar-refractivity contribution in [3.63, 3.8) is 0 Å². The number of nitrogens with zero attached hydrogens (tertiary/aromatic N) is 3. The predicted octanol–water partition coefficient (Wildman–Crippen LogP) is 0.664. The predicted molar refractivity (Wildman–Crippen MR) is 65.6 cm³/mol. The third-order valence-electron chi connectivity index (χ3n) is 2.52. The molecule has 0 spiro atoms. The van der Waals surface area contributed by atoms with Gasteiger partial charge in [0, 0.05) is 25.8 Å². The van der Waals surface area contributed by atoms with Crippen molar-refractivity contribution >= 4 is 21.7 Å². The molecule has 1 aromatic rings. The standard InChI is InChI=1S/C10H15BrN4O/c1-12-4-8-6-15(2-3-16-8)10-9(11)5-13-7-14-10/h5,7-8,12H,2-4,6H2,1H3. The van der Waals surface area contributed by atoms with E-state index < -0.39 is 0 Å². The fourth-order valence-electron chi connectivity index (χ4n) is 1.80. The number of likely N-dealkylation sites (N-methyl/N-ethyl adjacent to an activating group) is 1. The topological polar surface area (TPSA) is 50.3 Å². The van der Waals surface area contributed by atoms with E-state index in [9.17, 15) is 0 Å². The Hall–Kier alpha value is -0.720. The van der Waals surface area contributed by atoms with Gasteiger partial charge in [0.1, 0.15) is 12.1 Å². The van der Waals surface area contributed by atoms with Gasteiger partial charge in [-0.1, -0.05) is 0 Å². The van der Waals surface area contributed by atoms with E-state index in [-0.39, 0.29) is 6.10 Å². The number of ether oxygens (including phenoxy) is 1. The maximum atomic E-state index is 5.65. The molecule has 1 saturated heterocycles. The molecule has 1 fully saturated rings. The number of nitrogens with one attached hydrogen (secondary N) is 1. The van der Waals surface area contributed by atoms with Gasteiger partial charge in [-0.15, -0.1) is 0 Å². The molecule has 1 aliphatic heterocycles. The summed E-state index contributed by atoms with van der Waals surface area (Å²) < 4.78 is 6.58. The molecule has 1 aliphatic rings. The van der Waals surface area contributed by atoms with Crippen LogP contribution in [0.2, 0.25) is 0 Å². The molecule has 2 rings (SSSR count). The fourth-order valence-corrected chi connectivity index (χ4v) is 2.27. The van der Waals surface area contributed by atoms with E-state index in [0.29, 0.717) is 0 Å². The number of halogens is 1. The van der Waals surface area contributed by atoms with Crippen molar-refractivity contribution in [2.24, 2.45) is 0 Å². The van der Waals surface area contributed by atoms with Gasteiger partial charge in [0.2, 0.25) is 0 Å². The molecule has 0 bridgehead atoms. The lowest BCUT2D eigenvalue weighted by atomic mass is 10.2. The highest BCUT2D eigenvalue weighted by Gasteiger charge is 2.22. The van der Waals surface area contributed by atoms with Gasteiger partial charge in [-0.2, -0.15) is 0 Å². The zero-order chi connectivity index (χ0) is 11.4. The summed E-state index contributed by atoms with van der Waals surface area (Å²) in [5.74, 6) is 0.944. The Labute approximate surface area is 103 Å². The van der Waals surface area contributed by atoms with Gasteiger partial charge in [-0.3, -0.25) is 0 Å². The summed E-state index contributed by atoms with van der Waals surface area (Å²) >= 11 is 3.47. The number of hydrogen-bond donors (Lipinski definition) is 1. The maximum Gasteiger partial charge on any atom is 0.146 e. The van der Waals surface area contributed by atoms with E-state index in [1.54, 1.807) is 12.5 Å². The molecule has 1 N–H and O–H groups in total. The molecule has 0 radical (unpaired) electrons. The van der Waals surface area contributed by atoms with Crippen LogP contribution in [0.5, 0.6) is 0 Å². The first-order chi connectivity index (χ1) is 7.81. The second-order valence-corrected chi connectivity index (χ2v) is 4.55. The van der Waals surface area contributed by atoms with Crippen LogP contribution in [0, 0.1) is 0 Å². The SMILES string of the molecule is CNCC1CN(c2ncncc2Br)CCO1. The van der Waals surface area contributed by atoms with Gasteiger partial charge in [0.05, 0.1) is 17.2 Å². The quantitative estimate of drug-likeness (QED) is 0.885. The molecule has 0 saturated carbocycles. The van der Waals surface area contributed by atoms with Crippen LogP contribution in [0.1, 0.15) is 0 Å². The normalized spacial score (nSPS) is 21.1. The molecular weight excluding hydrogens is 272 g/mol. The minimum atomic E-state index is 0.223. The summed E-state index contributed by atoms with van der Waals surface area (Å²) in [6.45, 7) is 3.33. The average Bonchev–Trinajstić information content (AvgIpc) is 2.30. The van der Waals surface area contributed by atoms with E-state index in [1.165, 1.54) is 0 Å². The Kier molecular flexibility index (Phi) is 4.09. The molecule has 0 aromatic carbocycles. The molecule has 1 aromatic heterocycles. The third kappa shape index (κ3) is 2.69. The lowest BCUT2D eigenvalue weighted by Crippen LogP contribution is -2.46. The molecule has 1 unspecified atom stereocenters. The molecule has 1 atom stereocenters. The zero-order valence-corrected chi connectivity index (χ0v) is 10.8. The molecule has 88 valence electrons. The average molecular weight is 287 g/mol. The molecular formula is C10H15BrN4O. The zero-order valence-electron chi connectivity index (χ0n) is 9.19. The van der Waals surface area contributed by atoms with Gasteiger partial charge in [-0.05, 0) is 23.0 Å². The van der Waals surface area contributed by atoms with Gasteiger partial charge < -0.3 is 15.0 Å². The number of anilines is 1. The van der Waals surface area contributed by atoms with Crippen molar-refractivity contribution in [3.8, 4) is 0 Å². The summed E-state index contributed by atoms with van der Waals surface area (Å²) in [6.07, 6.45) is 3.56. The second-order valence-electron chi connectivity index (χ2n) is 3.69. The first-order valence-electron chi connectivity index (χ1n) is 5.28. The maximum absolute atomic E-state index is 5.65. The molecule has 0 aliphatic carbocycles. The first-order valence-corrected chi connectivity index (χ1v) is 6.07. The van der Waals surface area contributed by atoms with E-state index in [4.69, 9.17) is 4.74 Å². The summed E-state index contributed by atoms with van der Waals surface area (Å²) in [5, 5.41) is 3.13. The largest absolute Gasteiger partial charge is 0.373 e. The lowest BCUT2D eigenvalue weighted by molar-refractivity contribution is 0.0418. The van der Waals surface area contributed by atoms with Crippen LogP contribution in [0.25, 0.3) is 0 Å². The summed E-state index contributed by atoms with van der Waals surface area (Å²) in [7, 11) is 1.93. The van der Waals surface area contributed by atoms with Crippen molar-refractivity contribution in [2.45, 2.75) is 6.10 Å². The Morgan fingerprint density at radius 1 is 1.69 bits per heavy atom. The third-order valence-corrected chi connectivity index (χ3v) is 3.08. The van der Waals surface area contributed by atoms with E-state index in [1.807, 2.05) is 7.05 Å². The van der Waals surface area contributed by atoms with E-state index >= 15 is 0 Å². The Morgan fingerprint density at radius 2 is 2.56 bits per heavy atom. The van der Waals surface area contributed by atoms with Crippen LogP contribution >= 0.6 is 15.9 Å². The van der Waals surface area contributed by atoms with Crippen LogP contribution in [0.3, 0.4) is 0 Å². The van der Waals surface area contributed by atoms with Crippen LogP contribution in [0.15, 0.2) is 17.0 Å². The smallest absolute Gasteiger partial charge is 0.146 e. The Balaban J connectivity index is 2.07. The van der Waals surface area contributed by atoms with Gasteiger partial charge in [0.15, 0.2) is 0 Å².